The van der Waals surface area contributed by atoms with E-state index in [2.05, 4.69) is 16.0 Å². The van der Waals surface area contributed by atoms with Crippen molar-refractivity contribution < 1.29 is 9.47 Å². The van der Waals surface area contributed by atoms with Crippen LogP contribution in [0.4, 0.5) is 0 Å². The molecule has 2 heterocycles. The fourth-order valence-electron chi connectivity index (χ4n) is 3.22. The second-order valence-corrected chi connectivity index (χ2v) is 6.18. The highest BCUT2D eigenvalue weighted by Crippen LogP contribution is 2.39. The summed E-state index contributed by atoms with van der Waals surface area (Å²) < 4.78 is 12.9. The van der Waals surface area contributed by atoms with Crippen LogP contribution in [-0.4, -0.2) is 35.2 Å². The maximum absolute atomic E-state index is 6.10. The van der Waals surface area contributed by atoms with Gasteiger partial charge in [0.15, 0.2) is 0 Å². The van der Waals surface area contributed by atoms with Gasteiger partial charge in [-0.05, 0) is 37.6 Å². The molecule has 0 spiro atoms. The molecule has 5 nitrogen and oxygen atoms in total. The van der Waals surface area contributed by atoms with Gasteiger partial charge in [-0.2, -0.15) is 0 Å². The average molecular weight is 336 g/mol. The molecule has 0 saturated carbocycles. The number of halogens is 1. The summed E-state index contributed by atoms with van der Waals surface area (Å²) in [6, 6.07) is 6.28. The molecule has 0 N–H and O–H groups in total. The number of ether oxygens (including phenoxy) is 2. The van der Waals surface area contributed by atoms with Gasteiger partial charge in [-0.25, -0.2) is 4.98 Å². The van der Waals surface area contributed by atoms with Crippen molar-refractivity contribution in [3.63, 3.8) is 0 Å². The van der Waals surface area contributed by atoms with E-state index in [0.29, 0.717) is 11.2 Å². The van der Waals surface area contributed by atoms with Crippen LogP contribution in [0, 0.1) is 0 Å². The molecule has 0 bridgehead atoms. The third-order valence-electron chi connectivity index (χ3n) is 4.53. The molecule has 1 atom stereocenters. The van der Waals surface area contributed by atoms with Crippen molar-refractivity contribution in [3.05, 3.63) is 40.9 Å². The quantitative estimate of drug-likeness (QED) is 0.839. The van der Waals surface area contributed by atoms with E-state index in [4.69, 9.17) is 21.1 Å². The van der Waals surface area contributed by atoms with Gasteiger partial charge in [-0.1, -0.05) is 11.6 Å². The fourth-order valence-corrected chi connectivity index (χ4v) is 3.37. The van der Waals surface area contributed by atoms with E-state index >= 15 is 0 Å². The average Bonchev–Trinajstić information content (AvgIpc) is 3.16. The van der Waals surface area contributed by atoms with E-state index < -0.39 is 0 Å². The van der Waals surface area contributed by atoms with Crippen molar-refractivity contribution in [2.24, 2.45) is 7.05 Å². The number of hydrogen-bond donors (Lipinski definition) is 0. The molecule has 0 radical (unpaired) electrons. The molecular formula is C17H22ClN3O2. The van der Waals surface area contributed by atoms with Crippen LogP contribution < -0.4 is 9.47 Å². The zero-order chi connectivity index (χ0) is 16.4. The standard InChI is InChI=1S/C17H22ClN3O2/c1-20-16(18)10-19-17(20)11-21-8-4-5-14(21)13-9-12(22-2)6-7-15(13)23-3/h6-7,9-10,14H,4-5,8,11H2,1-3H3/t14-/m1/s1. The van der Waals surface area contributed by atoms with Crippen LogP contribution in [0.5, 0.6) is 11.5 Å². The Balaban J connectivity index is 1.88. The van der Waals surface area contributed by atoms with Crippen molar-refractivity contribution in [2.45, 2.75) is 25.4 Å². The fraction of sp³-hybridized carbons (Fsp3) is 0.471. The minimum Gasteiger partial charge on any atom is -0.497 e. The second-order valence-electron chi connectivity index (χ2n) is 5.79. The van der Waals surface area contributed by atoms with Crippen LogP contribution in [-0.2, 0) is 13.6 Å². The van der Waals surface area contributed by atoms with Gasteiger partial charge < -0.3 is 14.0 Å². The van der Waals surface area contributed by atoms with Gasteiger partial charge in [0.1, 0.15) is 22.5 Å². The molecule has 23 heavy (non-hydrogen) atoms. The Morgan fingerprint density at radius 2 is 2.13 bits per heavy atom. The topological polar surface area (TPSA) is 39.5 Å². The van der Waals surface area contributed by atoms with Crippen LogP contribution in [0.1, 0.15) is 30.3 Å². The summed E-state index contributed by atoms with van der Waals surface area (Å²) in [4.78, 5) is 6.84. The minimum atomic E-state index is 0.301. The lowest BCUT2D eigenvalue weighted by molar-refractivity contribution is 0.234. The normalized spacial score (nSPS) is 18.3. The molecule has 1 saturated heterocycles. The zero-order valence-electron chi connectivity index (χ0n) is 13.8. The molecule has 6 heteroatoms. The second kappa shape index (κ2) is 6.81. The number of methoxy groups -OCH3 is 2. The molecule has 0 amide bonds. The Morgan fingerprint density at radius 3 is 2.78 bits per heavy atom. The summed E-state index contributed by atoms with van der Waals surface area (Å²) in [5.41, 5.74) is 1.17. The molecule has 0 aliphatic carbocycles. The molecule has 0 unspecified atom stereocenters. The highest BCUT2D eigenvalue weighted by atomic mass is 35.5. The van der Waals surface area contributed by atoms with Crippen molar-refractivity contribution in [3.8, 4) is 11.5 Å². The maximum Gasteiger partial charge on any atom is 0.128 e. The Labute approximate surface area is 141 Å². The van der Waals surface area contributed by atoms with Crippen LogP contribution in [0.15, 0.2) is 24.4 Å². The third-order valence-corrected chi connectivity index (χ3v) is 4.88. The first-order valence-corrected chi connectivity index (χ1v) is 8.14. The van der Waals surface area contributed by atoms with Crippen molar-refractivity contribution in [1.29, 1.82) is 0 Å². The van der Waals surface area contributed by atoms with Gasteiger partial charge in [0.05, 0.1) is 27.0 Å². The van der Waals surface area contributed by atoms with E-state index in [9.17, 15) is 0 Å². The first-order chi connectivity index (χ1) is 11.1. The van der Waals surface area contributed by atoms with Crippen LogP contribution in [0.2, 0.25) is 5.15 Å². The zero-order valence-corrected chi connectivity index (χ0v) is 14.5. The largest absolute Gasteiger partial charge is 0.497 e. The third kappa shape index (κ3) is 3.16. The maximum atomic E-state index is 6.10. The van der Waals surface area contributed by atoms with Crippen LogP contribution >= 0.6 is 11.6 Å². The predicted molar refractivity (Wildman–Crippen MR) is 90.1 cm³/mol. The smallest absolute Gasteiger partial charge is 0.128 e. The molecule has 1 aromatic carbocycles. The monoisotopic (exact) mass is 335 g/mol. The van der Waals surface area contributed by atoms with Crippen molar-refractivity contribution in [1.82, 2.24) is 14.5 Å². The van der Waals surface area contributed by atoms with Gasteiger partial charge in [-0.3, -0.25) is 4.90 Å². The van der Waals surface area contributed by atoms with E-state index in [1.54, 1.807) is 20.4 Å². The minimum absolute atomic E-state index is 0.301. The van der Waals surface area contributed by atoms with Crippen molar-refractivity contribution >= 4 is 11.6 Å². The number of likely N-dealkylation sites (tertiary alicyclic amines) is 1. The van der Waals surface area contributed by atoms with Gasteiger partial charge in [-0.15, -0.1) is 0 Å². The number of nitrogens with zero attached hydrogens (tertiary/aromatic N) is 3. The lowest BCUT2D eigenvalue weighted by Crippen LogP contribution is -2.24. The highest BCUT2D eigenvalue weighted by Gasteiger charge is 2.29. The number of benzene rings is 1. The van der Waals surface area contributed by atoms with Crippen LogP contribution in [0.3, 0.4) is 0 Å². The van der Waals surface area contributed by atoms with E-state index in [-0.39, 0.29) is 0 Å². The number of aromatic nitrogens is 2. The van der Waals surface area contributed by atoms with Gasteiger partial charge >= 0.3 is 0 Å². The summed E-state index contributed by atoms with van der Waals surface area (Å²) >= 11 is 6.10. The molecule has 3 rings (SSSR count). The number of hydrogen-bond acceptors (Lipinski definition) is 4. The SMILES string of the molecule is COc1ccc(OC)c([C@H]2CCCN2Cc2ncc(Cl)n2C)c1. The first kappa shape index (κ1) is 16.1. The van der Waals surface area contributed by atoms with E-state index in [0.717, 1.165) is 43.3 Å². The Bertz CT molecular complexity index is 686. The molecule has 1 aromatic heterocycles. The molecule has 2 aromatic rings. The predicted octanol–water partition coefficient (Wildman–Crippen LogP) is 3.43. The summed E-state index contributed by atoms with van der Waals surface area (Å²) in [7, 11) is 5.35. The Kier molecular flexibility index (Phi) is 4.78. The molecule has 1 aliphatic heterocycles. The van der Waals surface area contributed by atoms with Crippen molar-refractivity contribution in [2.75, 3.05) is 20.8 Å². The number of rotatable bonds is 5. The highest BCUT2D eigenvalue weighted by molar-refractivity contribution is 6.29. The lowest BCUT2D eigenvalue weighted by atomic mass is 10.0. The summed E-state index contributed by atoms with van der Waals surface area (Å²) in [5, 5.41) is 0.662. The first-order valence-electron chi connectivity index (χ1n) is 7.76. The lowest BCUT2D eigenvalue weighted by Gasteiger charge is -2.26. The van der Waals surface area contributed by atoms with Gasteiger partial charge in [0.25, 0.3) is 0 Å². The summed E-state index contributed by atoms with van der Waals surface area (Å²) in [6.45, 7) is 1.81. The van der Waals surface area contributed by atoms with Gasteiger partial charge in [0.2, 0.25) is 0 Å². The summed E-state index contributed by atoms with van der Waals surface area (Å²) in [6.07, 6.45) is 3.96. The summed E-state index contributed by atoms with van der Waals surface area (Å²) in [5.74, 6) is 2.73. The Hall–Kier alpha value is -1.72. The number of imidazole rings is 1. The molecule has 1 fully saturated rings. The molecule has 1 aliphatic rings. The molecule has 124 valence electrons. The van der Waals surface area contributed by atoms with Crippen LogP contribution in [0.25, 0.3) is 0 Å². The molecular weight excluding hydrogens is 314 g/mol. The van der Waals surface area contributed by atoms with E-state index in [1.807, 2.05) is 23.7 Å². The Morgan fingerprint density at radius 1 is 1.30 bits per heavy atom. The van der Waals surface area contributed by atoms with Gasteiger partial charge in [0, 0.05) is 18.7 Å². The van der Waals surface area contributed by atoms with E-state index in [1.165, 1.54) is 5.56 Å².